The van der Waals surface area contributed by atoms with Crippen molar-refractivity contribution in [2.75, 3.05) is 5.75 Å². The van der Waals surface area contributed by atoms with Crippen LogP contribution in [-0.2, 0) is 4.79 Å². The Labute approximate surface area is 85.5 Å². The van der Waals surface area contributed by atoms with Gasteiger partial charge in [0.1, 0.15) is 6.10 Å². The van der Waals surface area contributed by atoms with Crippen LogP contribution in [0.3, 0.4) is 0 Å². The van der Waals surface area contributed by atoms with Crippen LogP contribution >= 0.6 is 11.8 Å². The van der Waals surface area contributed by atoms with Crippen LogP contribution in [0.1, 0.15) is 18.6 Å². The van der Waals surface area contributed by atoms with Gasteiger partial charge in [0.15, 0.2) is 5.12 Å². The lowest BCUT2D eigenvalue weighted by Crippen LogP contribution is -2.20. The summed E-state index contributed by atoms with van der Waals surface area (Å²) >= 11 is 0.985. The summed E-state index contributed by atoms with van der Waals surface area (Å²) in [6.07, 6.45) is 0.987. The van der Waals surface area contributed by atoms with E-state index in [1.54, 1.807) is 0 Å². The summed E-state index contributed by atoms with van der Waals surface area (Å²) < 4.78 is 0. The maximum atomic E-state index is 10.6. The second kappa shape index (κ2) is 5.14. The van der Waals surface area contributed by atoms with Gasteiger partial charge in [0, 0.05) is 24.4 Å². The standard InChI is InChI=1S/C8H12N2O3S/c1-5(11)14-4-7(12)8(13)6-2-9-10-3-6/h2-3,7-8,12-13H,4H2,1H3,(H,9,10). The molecule has 0 saturated heterocycles. The molecule has 1 rings (SSSR count). The number of H-pyrrole nitrogens is 1. The van der Waals surface area contributed by atoms with E-state index >= 15 is 0 Å². The smallest absolute Gasteiger partial charge is 0.185 e. The molecule has 0 aliphatic carbocycles. The summed E-state index contributed by atoms with van der Waals surface area (Å²) in [5.41, 5.74) is 0.515. The Morgan fingerprint density at radius 2 is 2.43 bits per heavy atom. The summed E-state index contributed by atoms with van der Waals surface area (Å²) in [6, 6.07) is 0. The van der Waals surface area contributed by atoms with E-state index in [0.29, 0.717) is 5.56 Å². The van der Waals surface area contributed by atoms with Gasteiger partial charge < -0.3 is 10.2 Å². The van der Waals surface area contributed by atoms with E-state index < -0.39 is 12.2 Å². The summed E-state index contributed by atoms with van der Waals surface area (Å²) in [5.74, 6) is 0.182. The van der Waals surface area contributed by atoms with E-state index in [0.717, 1.165) is 11.8 Å². The zero-order valence-electron chi connectivity index (χ0n) is 7.67. The first kappa shape index (κ1) is 11.2. The first-order valence-electron chi connectivity index (χ1n) is 4.09. The van der Waals surface area contributed by atoms with Crippen molar-refractivity contribution in [2.24, 2.45) is 0 Å². The molecule has 0 saturated carbocycles. The second-order valence-corrected chi connectivity index (χ2v) is 4.04. The van der Waals surface area contributed by atoms with Gasteiger partial charge in [0.2, 0.25) is 0 Å². The van der Waals surface area contributed by atoms with Crippen LogP contribution in [0.15, 0.2) is 12.4 Å². The fourth-order valence-electron chi connectivity index (χ4n) is 0.939. The number of hydrogen-bond acceptors (Lipinski definition) is 5. The Bertz CT molecular complexity index is 289. The number of aliphatic hydroxyl groups is 2. The zero-order chi connectivity index (χ0) is 10.6. The fraction of sp³-hybridized carbons (Fsp3) is 0.500. The number of carbonyl (C=O) groups excluding carboxylic acids is 1. The lowest BCUT2D eigenvalue weighted by Gasteiger charge is -2.14. The minimum Gasteiger partial charge on any atom is -0.389 e. The van der Waals surface area contributed by atoms with Crippen LogP contribution < -0.4 is 0 Å². The van der Waals surface area contributed by atoms with Crippen molar-refractivity contribution in [1.82, 2.24) is 10.2 Å². The number of rotatable bonds is 4. The minimum atomic E-state index is -0.999. The molecule has 0 aliphatic rings. The van der Waals surface area contributed by atoms with E-state index in [9.17, 15) is 15.0 Å². The third-order valence-electron chi connectivity index (χ3n) is 1.68. The van der Waals surface area contributed by atoms with Gasteiger partial charge in [0.25, 0.3) is 0 Å². The molecule has 0 radical (unpaired) electrons. The Kier molecular flexibility index (Phi) is 4.12. The van der Waals surface area contributed by atoms with Crippen molar-refractivity contribution < 1.29 is 15.0 Å². The third kappa shape index (κ3) is 3.13. The molecule has 2 unspecified atom stereocenters. The van der Waals surface area contributed by atoms with Gasteiger partial charge in [-0.05, 0) is 0 Å². The topological polar surface area (TPSA) is 86.2 Å². The average molecular weight is 216 g/mol. The second-order valence-electron chi connectivity index (χ2n) is 2.85. The highest BCUT2D eigenvalue weighted by Gasteiger charge is 2.19. The highest BCUT2D eigenvalue weighted by molar-refractivity contribution is 8.13. The fourth-order valence-corrected chi connectivity index (χ4v) is 1.53. The van der Waals surface area contributed by atoms with E-state index in [1.807, 2.05) is 0 Å². The molecular weight excluding hydrogens is 204 g/mol. The summed E-state index contributed by atoms with van der Waals surface area (Å²) in [6.45, 7) is 1.42. The van der Waals surface area contributed by atoms with E-state index in [-0.39, 0.29) is 10.9 Å². The van der Waals surface area contributed by atoms with E-state index in [4.69, 9.17) is 0 Å². The molecule has 5 nitrogen and oxygen atoms in total. The number of nitrogens with one attached hydrogen (secondary N) is 1. The Morgan fingerprint density at radius 3 is 2.93 bits per heavy atom. The average Bonchev–Trinajstić information content (AvgIpc) is 2.65. The predicted molar refractivity (Wildman–Crippen MR) is 52.7 cm³/mol. The molecule has 1 aromatic rings. The third-order valence-corrected chi connectivity index (χ3v) is 2.60. The lowest BCUT2D eigenvalue weighted by molar-refractivity contribution is -0.109. The molecule has 3 N–H and O–H groups in total. The Hall–Kier alpha value is -0.850. The van der Waals surface area contributed by atoms with Crippen molar-refractivity contribution in [3.63, 3.8) is 0 Å². The molecule has 0 spiro atoms. The van der Waals surface area contributed by atoms with Gasteiger partial charge in [-0.1, -0.05) is 11.8 Å². The molecule has 0 bridgehead atoms. The molecule has 0 fully saturated rings. The van der Waals surface area contributed by atoms with Crippen molar-refractivity contribution in [3.8, 4) is 0 Å². The molecule has 2 atom stereocenters. The van der Waals surface area contributed by atoms with Crippen LogP contribution in [0.25, 0.3) is 0 Å². The van der Waals surface area contributed by atoms with Gasteiger partial charge in [-0.25, -0.2) is 0 Å². The van der Waals surface area contributed by atoms with Crippen LogP contribution in [0, 0.1) is 0 Å². The summed E-state index contributed by atoms with van der Waals surface area (Å²) in [7, 11) is 0. The molecule has 78 valence electrons. The first-order chi connectivity index (χ1) is 6.61. The first-order valence-corrected chi connectivity index (χ1v) is 5.08. The predicted octanol–water partition coefficient (Wildman–Crippen LogP) is 0.0837. The van der Waals surface area contributed by atoms with E-state index in [2.05, 4.69) is 10.2 Å². The molecule has 1 aromatic heterocycles. The summed E-state index contributed by atoms with van der Waals surface area (Å²) in [5, 5.41) is 25.1. The van der Waals surface area contributed by atoms with Gasteiger partial charge in [0.05, 0.1) is 12.3 Å². The van der Waals surface area contributed by atoms with Gasteiger partial charge in [-0.15, -0.1) is 0 Å². The lowest BCUT2D eigenvalue weighted by atomic mass is 10.1. The van der Waals surface area contributed by atoms with Crippen molar-refractivity contribution in [1.29, 1.82) is 0 Å². The van der Waals surface area contributed by atoms with Crippen LogP contribution in [0.5, 0.6) is 0 Å². The molecular formula is C8H12N2O3S. The molecule has 0 aliphatic heterocycles. The SMILES string of the molecule is CC(=O)SCC(O)C(O)c1cn[nH]c1. The molecule has 0 amide bonds. The maximum absolute atomic E-state index is 10.6. The number of nitrogens with zero attached hydrogens (tertiary/aromatic N) is 1. The maximum Gasteiger partial charge on any atom is 0.185 e. The Morgan fingerprint density at radius 1 is 1.71 bits per heavy atom. The number of aromatic amines is 1. The number of aromatic nitrogens is 2. The molecule has 0 aromatic carbocycles. The van der Waals surface area contributed by atoms with Crippen molar-refractivity contribution in [3.05, 3.63) is 18.0 Å². The molecule has 14 heavy (non-hydrogen) atoms. The van der Waals surface area contributed by atoms with Gasteiger partial charge in [-0.2, -0.15) is 5.10 Å². The highest BCUT2D eigenvalue weighted by Crippen LogP contribution is 2.18. The van der Waals surface area contributed by atoms with Gasteiger partial charge in [-0.3, -0.25) is 9.89 Å². The number of thioether (sulfide) groups is 1. The van der Waals surface area contributed by atoms with Crippen LogP contribution in [0.4, 0.5) is 0 Å². The van der Waals surface area contributed by atoms with Gasteiger partial charge >= 0.3 is 0 Å². The number of hydrogen-bond donors (Lipinski definition) is 3. The Balaban J connectivity index is 2.44. The zero-order valence-corrected chi connectivity index (χ0v) is 8.49. The molecule has 6 heteroatoms. The quantitative estimate of drug-likeness (QED) is 0.663. The van der Waals surface area contributed by atoms with Crippen molar-refractivity contribution in [2.45, 2.75) is 19.1 Å². The number of carbonyl (C=O) groups is 1. The van der Waals surface area contributed by atoms with E-state index in [1.165, 1.54) is 19.3 Å². The normalized spacial score (nSPS) is 15.1. The summed E-state index contributed by atoms with van der Waals surface area (Å²) in [4.78, 5) is 10.6. The largest absolute Gasteiger partial charge is 0.389 e. The van der Waals surface area contributed by atoms with Crippen LogP contribution in [-0.4, -0.2) is 37.4 Å². The van der Waals surface area contributed by atoms with Crippen molar-refractivity contribution >= 4 is 16.9 Å². The highest BCUT2D eigenvalue weighted by atomic mass is 32.2. The number of aliphatic hydroxyl groups excluding tert-OH is 2. The minimum absolute atomic E-state index is 0.0801. The molecule has 1 heterocycles. The monoisotopic (exact) mass is 216 g/mol. The van der Waals surface area contributed by atoms with Crippen LogP contribution in [0.2, 0.25) is 0 Å².